The lowest BCUT2D eigenvalue weighted by molar-refractivity contribution is -0.126. The van der Waals surface area contributed by atoms with Crippen molar-refractivity contribution in [2.45, 2.75) is 12.3 Å². The van der Waals surface area contributed by atoms with Crippen LogP contribution >= 0.6 is 0 Å². The first-order valence-corrected chi connectivity index (χ1v) is 4.08. The van der Waals surface area contributed by atoms with Crippen LogP contribution < -0.4 is 5.73 Å². The average molecular weight is 181 g/mol. The third-order valence-corrected chi connectivity index (χ3v) is 2.25. The highest BCUT2D eigenvalue weighted by Crippen LogP contribution is 2.24. The molecular weight excluding hydrogens is 170 g/mol. The number of aromatic nitrogens is 3. The minimum Gasteiger partial charge on any atom is -0.367 e. The Morgan fingerprint density at radius 2 is 2.46 bits per heavy atom. The van der Waals surface area contributed by atoms with Gasteiger partial charge in [-0.3, -0.25) is 9.89 Å². The number of likely N-dealkylation sites (tertiary alicyclic amines) is 1. The molecule has 6 nitrogen and oxygen atoms in total. The molecular formula is C7H11N5O. The molecule has 2 rings (SSSR count). The molecule has 2 heterocycles. The van der Waals surface area contributed by atoms with Gasteiger partial charge in [-0.2, -0.15) is 4.98 Å². The van der Waals surface area contributed by atoms with Crippen molar-refractivity contribution in [2.24, 2.45) is 0 Å². The Balaban J connectivity index is 2.16. The Hall–Kier alpha value is -1.59. The van der Waals surface area contributed by atoms with Gasteiger partial charge in [0.15, 0.2) is 0 Å². The Labute approximate surface area is 75.1 Å². The first-order chi connectivity index (χ1) is 6.16. The number of hydrogen-bond acceptors (Lipinski definition) is 4. The van der Waals surface area contributed by atoms with E-state index in [1.807, 2.05) is 0 Å². The minimum atomic E-state index is 0.113. The van der Waals surface area contributed by atoms with E-state index < -0.39 is 0 Å². The van der Waals surface area contributed by atoms with Gasteiger partial charge < -0.3 is 10.6 Å². The van der Waals surface area contributed by atoms with E-state index in [0.29, 0.717) is 18.8 Å². The Morgan fingerprint density at radius 1 is 1.69 bits per heavy atom. The van der Waals surface area contributed by atoms with Crippen molar-refractivity contribution in [3.8, 4) is 0 Å². The zero-order valence-electron chi connectivity index (χ0n) is 7.32. The Bertz CT molecular complexity index is 333. The summed E-state index contributed by atoms with van der Waals surface area (Å²) in [6.07, 6.45) is 0.491. The summed E-state index contributed by atoms with van der Waals surface area (Å²) in [7, 11) is 1.78. The van der Waals surface area contributed by atoms with Crippen LogP contribution in [0, 0.1) is 0 Å². The summed E-state index contributed by atoms with van der Waals surface area (Å²) in [6.45, 7) is 0.688. The summed E-state index contributed by atoms with van der Waals surface area (Å²) in [5, 5.41) is 6.45. The van der Waals surface area contributed by atoms with E-state index in [9.17, 15) is 4.79 Å². The molecule has 0 unspecified atom stereocenters. The van der Waals surface area contributed by atoms with Crippen LogP contribution in [-0.2, 0) is 4.79 Å². The van der Waals surface area contributed by atoms with E-state index in [-0.39, 0.29) is 17.8 Å². The second kappa shape index (κ2) is 2.72. The lowest BCUT2D eigenvalue weighted by Gasteiger charge is -2.06. The number of carbonyl (C=O) groups excluding carboxylic acids is 1. The molecule has 1 amide bonds. The van der Waals surface area contributed by atoms with Crippen LogP contribution in [0.5, 0.6) is 0 Å². The summed E-state index contributed by atoms with van der Waals surface area (Å²) in [4.78, 5) is 16.9. The SMILES string of the molecule is CN1C[C@@H](c2nc(N)n[nH]2)CC1=O. The molecule has 0 bridgehead atoms. The van der Waals surface area contributed by atoms with Gasteiger partial charge in [-0.15, -0.1) is 5.10 Å². The maximum atomic E-state index is 11.2. The Morgan fingerprint density at radius 3 is 2.92 bits per heavy atom. The topological polar surface area (TPSA) is 87.9 Å². The molecule has 1 saturated heterocycles. The molecule has 0 aliphatic carbocycles. The Kier molecular flexibility index (Phi) is 1.68. The number of hydrogen-bond donors (Lipinski definition) is 2. The fourth-order valence-electron chi connectivity index (χ4n) is 1.52. The molecule has 1 fully saturated rings. The summed E-state index contributed by atoms with van der Waals surface area (Å²) in [5.41, 5.74) is 5.36. The molecule has 1 aromatic rings. The molecule has 1 aromatic heterocycles. The molecule has 6 heteroatoms. The number of nitrogens with two attached hydrogens (primary N) is 1. The van der Waals surface area contributed by atoms with Crippen LogP contribution in [0.4, 0.5) is 5.95 Å². The van der Waals surface area contributed by atoms with E-state index in [2.05, 4.69) is 15.2 Å². The zero-order chi connectivity index (χ0) is 9.42. The second-order valence-corrected chi connectivity index (χ2v) is 3.25. The largest absolute Gasteiger partial charge is 0.367 e. The molecule has 0 radical (unpaired) electrons. The number of likely N-dealkylation sites (N-methyl/N-ethyl adjacent to an activating group) is 1. The maximum Gasteiger partial charge on any atom is 0.239 e. The van der Waals surface area contributed by atoms with Crippen molar-refractivity contribution in [1.29, 1.82) is 0 Å². The number of carbonyl (C=O) groups is 1. The molecule has 70 valence electrons. The lowest BCUT2D eigenvalue weighted by atomic mass is 10.1. The fraction of sp³-hybridized carbons (Fsp3) is 0.571. The van der Waals surface area contributed by atoms with Crippen molar-refractivity contribution < 1.29 is 4.79 Å². The molecule has 1 aliphatic rings. The van der Waals surface area contributed by atoms with E-state index >= 15 is 0 Å². The van der Waals surface area contributed by atoms with Crippen LogP contribution in [0.15, 0.2) is 0 Å². The highest BCUT2D eigenvalue weighted by atomic mass is 16.2. The molecule has 1 atom stereocenters. The lowest BCUT2D eigenvalue weighted by Crippen LogP contribution is -2.18. The van der Waals surface area contributed by atoms with Crippen LogP contribution in [0.2, 0.25) is 0 Å². The number of aromatic amines is 1. The number of amides is 1. The number of rotatable bonds is 1. The summed E-state index contributed by atoms with van der Waals surface area (Å²) < 4.78 is 0. The first kappa shape index (κ1) is 8.03. The molecule has 0 spiro atoms. The predicted molar refractivity (Wildman–Crippen MR) is 45.8 cm³/mol. The second-order valence-electron chi connectivity index (χ2n) is 3.25. The molecule has 13 heavy (non-hydrogen) atoms. The average Bonchev–Trinajstić information content (AvgIpc) is 2.61. The highest BCUT2D eigenvalue weighted by Gasteiger charge is 2.30. The van der Waals surface area contributed by atoms with E-state index in [0.717, 1.165) is 0 Å². The van der Waals surface area contributed by atoms with Crippen LogP contribution in [0.1, 0.15) is 18.2 Å². The van der Waals surface area contributed by atoms with E-state index in [1.165, 1.54) is 0 Å². The summed E-state index contributed by atoms with van der Waals surface area (Å²) >= 11 is 0. The van der Waals surface area contributed by atoms with Gasteiger partial charge in [0.25, 0.3) is 0 Å². The summed E-state index contributed by atoms with van der Waals surface area (Å²) in [5.74, 6) is 1.19. The van der Waals surface area contributed by atoms with Gasteiger partial charge in [-0.05, 0) is 0 Å². The van der Waals surface area contributed by atoms with Gasteiger partial charge in [0, 0.05) is 25.9 Å². The summed E-state index contributed by atoms with van der Waals surface area (Å²) in [6, 6.07) is 0. The first-order valence-electron chi connectivity index (χ1n) is 4.08. The molecule has 3 N–H and O–H groups in total. The predicted octanol–water partition coefficient (Wildman–Crippen LogP) is -0.667. The van der Waals surface area contributed by atoms with Crippen LogP contribution in [0.3, 0.4) is 0 Å². The molecule has 0 aromatic carbocycles. The third kappa shape index (κ3) is 1.34. The third-order valence-electron chi connectivity index (χ3n) is 2.25. The standard InChI is InChI=1S/C7H11N5O/c1-12-3-4(2-5(12)13)6-9-7(8)11-10-6/h4H,2-3H2,1H3,(H3,8,9,10,11)/t4-/m0/s1. The van der Waals surface area contributed by atoms with Crippen molar-refractivity contribution >= 4 is 11.9 Å². The van der Waals surface area contributed by atoms with Gasteiger partial charge in [0.05, 0.1) is 0 Å². The van der Waals surface area contributed by atoms with Gasteiger partial charge in [-0.1, -0.05) is 0 Å². The quantitative estimate of drug-likeness (QED) is 0.601. The zero-order valence-corrected chi connectivity index (χ0v) is 7.32. The maximum absolute atomic E-state index is 11.2. The highest BCUT2D eigenvalue weighted by molar-refractivity contribution is 5.79. The molecule has 0 saturated carbocycles. The van der Waals surface area contributed by atoms with E-state index in [4.69, 9.17) is 5.73 Å². The monoisotopic (exact) mass is 181 g/mol. The number of anilines is 1. The fourth-order valence-corrected chi connectivity index (χ4v) is 1.52. The van der Waals surface area contributed by atoms with Crippen molar-refractivity contribution in [2.75, 3.05) is 19.3 Å². The van der Waals surface area contributed by atoms with Gasteiger partial charge in [0.1, 0.15) is 5.82 Å². The van der Waals surface area contributed by atoms with Crippen molar-refractivity contribution in [3.05, 3.63) is 5.82 Å². The normalized spacial score (nSPS) is 22.7. The van der Waals surface area contributed by atoms with E-state index in [1.54, 1.807) is 11.9 Å². The number of nitrogens with zero attached hydrogens (tertiary/aromatic N) is 3. The van der Waals surface area contributed by atoms with Crippen molar-refractivity contribution in [3.63, 3.8) is 0 Å². The van der Waals surface area contributed by atoms with Crippen LogP contribution in [0.25, 0.3) is 0 Å². The number of H-pyrrole nitrogens is 1. The smallest absolute Gasteiger partial charge is 0.239 e. The van der Waals surface area contributed by atoms with Gasteiger partial charge in [0.2, 0.25) is 11.9 Å². The minimum absolute atomic E-state index is 0.113. The molecule has 1 aliphatic heterocycles. The van der Waals surface area contributed by atoms with Gasteiger partial charge in [-0.25, -0.2) is 0 Å². The number of nitrogen functional groups attached to an aromatic ring is 1. The van der Waals surface area contributed by atoms with Crippen LogP contribution in [-0.4, -0.2) is 39.6 Å². The number of nitrogens with one attached hydrogen (secondary N) is 1. The van der Waals surface area contributed by atoms with Crippen molar-refractivity contribution in [1.82, 2.24) is 20.1 Å². The van der Waals surface area contributed by atoms with Gasteiger partial charge >= 0.3 is 0 Å².